The maximum atomic E-state index is 12.3. The van der Waals surface area contributed by atoms with Gasteiger partial charge in [0.1, 0.15) is 0 Å². The minimum Gasteiger partial charge on any atom is -0.461 e. The molecule has 0 spiro atoms. The highest BCUT2D eigenvalue weighted by atomic mass is 16.3. The van der Waals surface area contributed by atoms with Gasteiger partial charge >= 0.3 is 0 Å². The summed E-state index contributed by atoms with van der Waals surface area (Å²) in [6.45, 7) is 2.89. The summed E-state index contributed by atoms with van der Waals surface area (Å²) in [6.07, 6.45) is 7.84. The Labute approximate surface area is 129 Å². The van der Waals surface area contributed by atoms with Crippen LogP contribution in [0.15, 0.2) is 27.6 Å². The number of hydrogen-bond donors (Lipinski definition) is 1. The molecule has 1 aliphatic heterocycles. The van der Waals surface area contributed by atoms with Gasteiger partial charge in [-0.3, -0.25) is 9.69 Å². The summed E-state index contributed by atoms with van der Waals surface area (Å²) < 4.78 is 5.35. The molecular weight excluding hydrogens is 278 g/mol. The normalized spacial score (nSPS) is 19.5. The molecule has 2 aromatic heterocycles. The molecular formula is C17H21N3O2. The van der Waals surface area contributed by atoms with E-state index < -0.39 is 0 Å². The Morgan fingerprint density at radius 3 is 3.00 bits per heavy atom. The van der Waals surface area contributed by atoms with Gasteiger partial charge in [0.15, 0.2) is 11.6 Å². The van der Waals surface area contributed by atoms with E-state index >= 15 is 0 Å². The molecule has 0 unspecified atom stereocenters. The molecule has 2 aliphatic rings. The van der Waals surface area contributed by atoms with Gasteiger partial charge in [0.2, 0.25) is 0 Å². The molecule has 1 saturated carbocycles. The Hall–Kier alpha value is -1.88. The van der Waals surface area contributed by atoms with Crippen LogP contribution < -0.4 is 5.56 Å². The molecule has 1 N–H and O–H groups in total. The van der Waals surface area contributed by atoms with Gasteiger partial charge in [-0.25, -0.2) is 4.98 Å². The number of hydrogen-bond acceptors (Lipinski definition) is 4. The third-order valence-corrected chi connectivity index (χ3v) is 4.90. The second-order valence-corrected chi connectivity index (χ2v) is 6.45. The summed E-state index contributed by atoms with van der Waals surface area (Å²) in [5, 5.41) is 0. The molecule has 0 radical (unpaired) electrons. The fourth-order valence-corrected chi connectivity index (χ4v) is 3.74. The predicted octanol–water partition coefficient (Wildman–Crippen LogP) is 2.58. The van der Waals surface area contributed by atoms with Crippen molar-refractivity contribution in [2.24, 2.45) is 5.92 Å². The van der Waals surface area contributed by atoms with Crippen LogP contribution in [0.2, 0.25) is 0 Å². The number of nitrogens with zero attached hydrogens (tertiary/aromatic N) is 2. The van der Waals surface area contributed by atoms with Crippen molar-refractivity contribution in [3.05, 3.63) is 40.0 Å². The maximum absolute atomic E-state index is 12.3. The first kappa shape index (κ1) is 13.8. The van der Waals surface area contributed by atoms with Crippen molar-refractivity contribution in [3.8, 4) is 11.6 Å². The smallest absolute Gasteiger partial charge is 0.254 e. The van der Waals surface area contributed by atoms with Gasteiger partial charge in [0.05, 0.1) is 12.0 Å². The highest BCUT2D eigenvalue weighted by Crippen LogP contribution is 2.27. The summed E-state index contributed by atoms with van der Waals surface area (Å²) >= 11 is 0. The van der Waals surface area contributed by atoms with Crippen LogP contribution in [0.25, 0.3) is 11.6 Å². The molecule has 1 aliphatic carbocycles. The number of aromatic amines is 1. The van der Waals surface area contributed by atoms with Gasteiger partial charge in [-0.2, -0.15) is 0 Å². The Balaban J connectivity index is 1.58. The highest BCUT2D eigenvalue weighted by molar-refractivity contribution is 5.46. The van der Waals surface area contributed by atoms with Crippen molar-refractivity contribution >= 4 is 0 Å². The van der Waals surface area contributed by atoms with E-state index in [-0.39, 0.29) is 5.56 Å². The third kappa shape index (κ3) is 2.61. The molecule has 5 nitrogen and oxygen atoms in total. The molecule has 5 heteroatoms. The predicted molar refractivity (Wildman–Crippen MR) is 83.5 cm³/mol. The molecule has 0 saturated heterocycles. The van der Waals surface area contributed by atoms with Crippen LogP contribution in [-0.4, -0.2) is 28.0 Å². The summed E-state index contributed by atoms with van der Waals surface area (Å²) in [7, 11) is 0. The maximum Gasteiger partial charge on any atom is 0.254 e. The fourth-order valence-electron chi connectivity index (χ4n) is 3.74. The quantitative estimate of drug-likeness (QED) is 0.946. The lowest BCUT2D eigenvalue weighted by atomic mass is 10.0. The summed E-state index contributed by atoms with van der Waals surface area (Å²) in [4.78, 5) is 22.2. The number of fused-ring (bicyclic) bond motifs is 1. The SMILES string of the molecule is O=c1[nH]c(-c2ccco2)nc2c1CCN(CC1CCCC1)C2. The Kier molecular flexibility index (Phi) is 3.58. The molecule has 2 aromatic rings. The first-order valence-corrected chi connectivity index (χ1v) is 8.18. The lowest BCUT2D eigenvalue weighted by Crippen LogP contribution is -2.37. The third-order valence-electron chi connectivity index (χ3n) is 4.90. The number of furan rings is 1. The van der Waals surface area contributed by atoms with Crippen LogP contribution in [-0.2, 0) is 13.0 Å². The summed E-state index contributed by atoms with van der Waals surface area (Å²) in [5.41, 5.74) is 1.74. The van der Waals surface area contributed by atoms with E-state index in [1.165, 1.54) is 25.7 Å². The average Bonchev–Trinajstić information content (AvgIpc) is 3.20. The average molecular weight is 299 g/mol. The number of aromatic nitrogens is 2. The van der Waals surface area contributed by atoms with Crippen molar-refractivity contribution in [2.45, 2.75) is 38.6 Å². The number of H-pyrrole nitrogens is 1. The van der Waals surface area contributed by atoms with Crippen molar-refractivity contribution in [1.29, 1.82) is 0 Å². The van der Waals surface area contributed by atoms with Crippen LogP contribution in [0.3, 0.4) is 0 Å². The first-order chi connectivity index (χ1) is 10.8. The van der Waals surface area contributed by atoms with Gasteiger partial charge in [0.25, 0.3) is 5.56 Å². The van der Waals surface area contributed by atoms with E-state index in [9.17, 15) is 4.79 Å². The largest absolute Gasteiger partial charge is 0.461 e. The van der Waals surface area contributed by atoms with E-state index in [0.717, 1.165) is 43.2 Å². The van der Waals surface area contributed by atoms with Gasteiger partial charge in [-0.1, -0.05) is 12.8 Å². The summed E-state index contributed by atoms with van der Waals surface area (Å²) in [6, 6.07) is 3.63. The molecule has 3 heterocycles. The minimum atomic E-state index is -0.0167. The Morgan fingerprint density at radius 1 is 1.36 bits per heavy atom. The van der Waals surface area contributed by atoms with Gasteiger partial charge < -0.3 is 9.40 Å². The Bertz CT molecular complexity index is 699. The molecule has 116 valence electrons. The highest BCUT2D eigenvalue weighted by Gasteiger charge is 2.25. The van der Waals surface area contributed by atoms with Gasteiger partial charge in [-0.05, 0) is 37.3 Å². The molecule has 0 amide bonds. The summed E-state index contributed by atoms with van der Waals surface area (Å²) in [5.74, 6) is 1.98. The lowest BCUT2D eigenvalue weighted by molar-refractivity contribution is 0.211. The van der Waals surface area contributed by atoms with Crippen molar-refractivity contribution in [3.63, 3.8) is 0 Å². The van der Waals surface area contributed by atoms with Crippen LogP contribution in [0, 0.1) is 5.92 Å². The zero-order valence-corrected chi connectivity index (χ0v) is 12.7. The minimum absolute atomic E-state index is 0.0167. The second-order valence-electron chi connectivity index (χ2n) is 6.45. The van der Waals surface area contributed by atoms with Crippen LogP contribution in [0.4, 0.5) is 0 Å². The van der Waals surface area contributed by atoms with E-state index in [4.69, 9.17) is 4.42 Å². The molecule has 0 atom stereocenters. The fraction of sp³-hybridized carbons (Fsp3) is 0.529. The van der Waals surface area contributed by atoms with Gasteiger partial charge in [-0.15, -0.1) is 0 Å². The first-order valence-electron chi connectivity index (χ1n) is 8.18. The standard InChI is InChI=1S/C17H21N3O2/c21-17-13-7-8-20(10-12-4-1-2-5-12)11-14(13)18-16(19-17)15-6-3-9-22-15/h3,6,9,12H,1-2,4-5,7-8,10-11H2,(H,18,19,21). The van der Waals surface area contributed by atoms with E-state index in [1.54, 1.807) is 12.3 Å². The van der Waals surface area contributed by atoms with E-state index in [1.807, 2.05) is 6.07 Å². The van der Waals surface area contributed by atoms with Crippen LogP contribution in [0.5, 0.6) is 0 Å². The van der Waals surface area contributed by atoms with Crippen molar-refractivity contribution < 1.29 is 4.42 Å². The second kappa shape index (κ2) is 5.72. The lowest BCUT2D eigenvalue weighted by Gasteiger charge is -2.29. The molecule has 0 bridgehead atoms. The van der Waals surface area contributed by atoms with Crippen LogP contribution >= 0.6 is 0 Å². The van der Waals surface area contributed by atoms with Crippen molar-refractivity contribution in [1.82, 2.24) is 14.9 Å². The molecule has 0 aromatic carbocycles. The van der Waals surface area contributed by atoms with Crippen LogP contribution in [0.1, 0.15) is 36.9 Å². The Morgan fingerprint density at radius 2 is 2.23 bits per heavy atom. The number of nitrogens with one attached hydrogen (secondary N) is 1. The number of rotatable bonds is 3. The molecule has 4 rings (SSSR count). The topological polar surface area (TPSA) is 62.1 Å². The monoisotopic (exact) mass is 299 g/mol. The molecule has 22 heavy (non-hydrogen) atoms. The van der Waals surface area contributed by atoms with Crippen molar-refractivity contribution in [2.75, 3.05) is 13.1 Å². The van der Waals surface area contributed by atoms with E-state index in [0.29, 0.717) is 11.6 Å². The zero-order chi connectivity index (χ0) is 14.9. The van der Waals surface area contributed by atoms with Gasteiger partial charge in [0, 0.05) is 25.2 Å². The van der Waals surface area contributed by atoms with E-state index in [2.05, 4.69) is 14.9 Å². The molecule has 1 fully saturated rings. The zero-order valence-electron chi connectivity index (χ0n) is 12.7.